The predicted molar refractivity (Wildman–Crippen MR) is 29.5 cm³/mol. The number of carbonyl (C=O) groups is 2. The Morgan fingerprint density at radius 3 is 2.58 bits per heavy atom. The summed E-state index contributed by atoms with van der Waals surface area (Å²) < 4.78 is 8.20. The smallest absolute Gasteiger partial charge is 0.478 e. The molecule has 12 heavy (non-hydrogen) atoms. The van der Waals surface area contributed by atoms with Crippen LogP contribution in [0.25, 0.3) is 0 Å². The topological polar surface area (TPSA) is 79.6 Å². The van der Waals surface area contributed by atoms with E-state index in [4.69, 9.17) is 0 Å². The SMILES string of the molecule is O=C([O-])OC(=O)c1ccco1.[K+]. The summed E-state index contributed by atoms with van der Waals surface area (Å²) in [6, 6.07) is 2.72. The van der Waals surface area contributed by atoms with E-state index in [1.165, 1.54) is 18.4 Å². The van der Waals surface area contributed by atoms with Crippen molar-refractivity contribution in [3.8, 4) is 0 Å². The molecule has 1 aromatic heterocycles. The maximum absolute atomic E-state index is 10.6. The van der Waals surface area contributed by atoms with Crippen LogP contribution in [-0.4, -0.2) is 12.1 Å². The van der Waals surface area contributed by atoms with E-state index in [2.05, 4.69) is 9.15 Å². The van der Waals surface area contributed by atoms with Crippen molar-refractivity contribution >= 4 is 12.1 Å². The van der Waals surface area contributed by atoms with Crippen molar-refractivity contribution in [2.45, 2.75) is 0 Å². The van der Waals surface area contributed by atoms with Gasteiger partial charge in [-0.1, -0.05) is 0 Å². The van der Waals surface area contributed by atoms with Crippen molar-refractivity contribution in [1.29, 1.82) is 0 Å². The maximum Gasteiger partial charge on any atom is 1.00 e. The van der Waals surface area contributed by atoms with E-state index in [1.54, 1.807) is 0 Å². The first kappa shape index (κ1) is 11.9. The van der Waals surface area contributed by atoms with Gasteiger partial charge in [0.2, 0.25) is 0 Å². The summed E-state index contributed by atoms with van der Waals surface area (Å²) in [6.07, 6.45) is -0.669. The first-order valence-corrected chi connectivity index (χ1v) is 2.67. The van der Waals surface area contributed by atoms with Gasteiger partial charge in [-0.25, -0.2) is 0 Å². The largest absolute Gasteiger partial charge is 1.00 e. The summed E-state index contributed by atoms with van der Waals surface area (Å²) in [6.45, 7) is 0. The maximum atomic E-state index is 10.6. The molecule has 58 valence electrons. The van der Waals surface area contributed by atoms with E-state index >= 15 is 0 Å². The monoisotopic (exact) mass is 194 g/mol. The predicted octanol–water partition coefficient (Wildman–Crippen LogP) is -3.22. The van der Waals surface area contributed by atoms with Crippen molar-refractivity contribution < 1.29 is 75.2 Å². The number of carbonyl (C=O) groups excluding carboxylic acids is 2. The minimum absolute atomic E-state index is 0. The average molecular weight is 194 g/mol. The molecular formula is C6H3KO5. The van der Waals surface area contributed by atoms with Crippen molar-refractivity contribution in [1.82, 2.24) is 0 Å². The van der Waals surface area contributed by atoms with Crippen LogP contribution in [0.4, 0.5) is 4.79 Å². The van der Waals surface area contributed by atoms with Gasteiger partial charge in [-0.2, -0.15) is 0 Å². The van der Waals surface area contributed by atoms with Gasteiger partial charge in [0.25, 0.3) is 6.16 Å². The fourth-order valence-corrected chi connectivity index (χ4v) is 0.521. The number of rotatable bonds is 1. The Hall–Kier alpha value is -0.144. The zero-order chi connectivity index (χ0) is 8.27. The standard InChI is InChI=1S/C6H4O5.K/c7-5(11-6(8)9)4-2-1-3-10-4;/h1-3H,(H,8,9);/q;+1/p-1. The first-order valence-electron chi connectivity index (χ1n) is 2.67. The van der Waals surface area contributed by atoms with Crippen molar-refractivity contribution in [3.63, 3.8) is 0 Å². The zero-order valence-electron chi connectivity index (χ0n) is 6.27. The molecule has 1 heterocycles. The van der Waals surface area contributed by atoms with E-state index < -0.39 is 12.1 Å². The van der Waals surface area contributed by atoms with E-state index in [0.29, 0.717) is 0 Å². The molecule has 0 amide bonds. The molecule has 1 aromatic rings. The summed E-state index contributed by atoms with van der Waals surface area (Å²) in [5.41, 5.74) is 0. The molecule has 0 N–H and O–H groups in total. The summed E-state index contributed by atoms with van der Waals surface area (Å²) in [4.78, 5) is 20.3. The number of hydrogen-bond acceptors (Lipinski definition) is 5. The van der Waals surface area contributed by atoms with Crippen LogP contribution in [0.2, 0.25) is 0 Å². The van der Waals surface area contributed by atoms with Gasteiger partial charge in [-0.15, -0.1) is 0 Å². The Bertz CT molecular complexity index is 265. The van der Waals surface area contributed by atoms with Crippen LogP contribution in [0.5, 0.6) is 0 Å². The molecule has 0 radical (unpaired) electrons. The molecule has 1 rings (SSSR count). The van der Waals surface area contributed by atoms with Gasteiger partial charge in [-0.3, -0.25) is 4.79 Å². The molecule has 0 aliphatic rings. The third-order valence-electron chi connectivity index (χ3n) is 0.898. The van der Waals surface area contributed by atoms with Crippen LogP contribution >= 0.6 is 0 Å². The van der Waals surface area contributed by atoms with Gasteiger partial charge in [-0.05, 0) is 12.1 Å². The van der Waals surface area contributed by atoms with E-state index in [-0.39, 0.29) is 57.1 Å². The summed E-state index contributed by atoms with van der Waals surface area (Å²) >= 11 is 0. The summed E-state index contributed by atoms with van der Waals surface area (Å²) in [5.74, 6) is -1.25. The van der Waals surface area contributed by atoms with E-state index in [0.717, 1.165) is 0 Å². The number of hydrogen-bond donors (Lipinski definition) is 0. The minimum atomic E-state index is -1.90. The second-order valence-electron chi connectivity index (χ2n) is 1.62. The number of esters is 1. The number of furan rings is 1. The van der Waals surface area contributed by atoms with Gasteiger partial charge in [0.15, 0.2) is 5.76 Å². The Morgan fingerprint density at radius 2 is 2.17 bits per heavy atom. The molecule has 0 aromatic carbocycles. The summed E-state index contributed by atoms with van der Waals surface area (Å²) in [7, 11) is 0. The van der Waals surface area contributed by atoms with Crippen LogP contribution in [0, 0.1) is 0 Å². The van der Waals surface area contributed by atoms with Gasteiger partial charge in [0.05, 0.1) is 6.26 Å². The van der Waals surface area contributed by atoms with Crippen LogP contribution in [0.3, 0.4) is 0 Å². The Labute approximate surface area is 110 Å². The van der Waals surface area contributed by atoms with Crippen LogP contribution in [0.15, 0.2) is 22.8 Å². The quantitative estimate of drug-likeness (QED) is 0.267. The molecule has 5 nitrogen and oxygen atoms in total. The third-order valence-corrected chi connectivity index (χ3v) is 0.898. The molecule has 6 heteroatoms. The van der Waals surface area contributed by atoms with Crippen molar-refractivity contribution in [2.24, 2.45) is 0 Å². The first-order chi connectivity index (χ1) is 5.20. The van der Waals surface area contributed by atoms with Gasteiger partial charge in [0, 0.05) is 0 Å². The van der Waals surface area contributed by atoms with Crippen LogP contribution < -0.4 is 56.5 Å². The molecular weight excluding hydrogens is 191 g/mol. The molecule has 0 saturated heterocycles. The minimum Gasteiger partial charge on any atom is -0.478 e. The molecule has 0 saturated carbocycles. The van der Waals surface area contributed by atoms with Crippen molar-refractivity contribution in [2.75, 3.05) is 0 Å². The Kier molecular flexibility index (Phi) is 5.43. The van der Waals surface area contributed by atoms with Gasteiger partial charge < -0.3 is 19.1 Å². The van der Waals surface area contributed by atoms with E-state index in [9.17, 15) is 14.7 Å². The Morgan fingerprint density at radius 1 is 1.50 bits per heavy atom. The molecule has 0 atom stereocenters. The molecule has 0 aliphatic carbocycles. The second-order valence-corrected chi connectivity index (χ2v) is 1.62. The number of carboxylic acid groups (broad SMARTS) is 1. The van der Waals surface area contributed by atoms with Crippen LogP contribution in [-0.2, 0) is 4.74 Å². The fourth-order valence-electron chi connectivity index (χ4n) is 0.521. The number of ether oxygens (including phenoxy) is 1. The fraction of sp³-hybridized carbons (Fsp3) is 0. The molecule has 0 unspecified atom stereocenters. The molecule has 0 spiro atoms. The van der Waals surface area contributed by atoms with Crippen LogP contribution in [0.1, 0.15) is 10.6 Å². The second kappa shape index (κ2) is 5.49. The van der Waals surface area contributed by atoms with Gasteiger partial charge in [0.1, 0.15) is 0 Å². The normalized spacial score (nSPS) is 8.33. The third kappa shape index (κ3) is 3.50. The zero-order valence-corrected chi connectivity index (χ0v) is 9.40. The Balaban J connectivity index is 0.00000121. The molecule has 0 aliphatic heterocycles. The average Bonchev–Trinajstić information content (AvgIpc) is 2.35. The van der Waals surface area contributed by atoms with Gasteiger partial charge >= 0.3 is 57.4 Å². The van der Waals surface area contributed by atoms with E-state index in [1.807, 2.05) is 0 Å². The molecule has 0 bridgehead atoms. The summed E-state index contributed by atoms with van der Waals surface area (Å²) in [5, 5.41) is 9.71. The van der Waals surface area contributed by atoms with Crippen molar-refractivity contribution in [3.05, 3.63) is 24.2 Å². The molecule has 0 fully saturated rings.